The molecule has 2 aromatic heterocycles. The topological polar surface area (TPSA) is 144 Å². The summed E-state index contributed by atoms with van der Waals surface area (Å²) in [7, 11) is -4.35. The number of ether oxygens (including phenoxy) is 1. The Balaban J connectivity index is 1.55. The third kappa shape index (κ3) is 5.13. The van der Waals surface area contributed by atoms with Crippen LogP contribution in [0.4, 0.5) is 20.5 Å². The van der Waals surface area contributed by atoms with Crippen molar-refractivity contribution in [1.29, 1.82) is 0 Å². The van der Waals surface area contributed by atoms with E-state index in [1.54, 1.807) is 11.8 Å². The number of sulfonamides is 1. The van der Waals surface area contributed by atoms with Gasteiger partial charge in [-0.05, 0) is 6.92 Å². The largest absolute Gasteiger partial charge is 0.378 e. The summed E-state index contributed by atoms with van der Waals surface area (Å²) in [6.07, 6.45) is 0. The van der Waals surface area contributed by atoms with Crippen LogP contribution >= 0.6 is 22.7 Å². The summed E-state index contributed by atoms with van der Waals surface area (Å²) in [6, 6.07) is 9.14. The zero-order valence-corrected chi connectivity index (χ0v) is 19.8. The quantitative estimate of drug-likeness (QED) is 0.380. The summed E-state index contributed by atoms with van der Waals surface area (Å²) in [5.74, 6) is 0. The molecule has 1 aliphatic heterocycles. The van der Waals surface area contributed by atoms with Gasteiger partial charge in [0.1, 0.15) is 14.9 Å². The molecular weight excluding hydrogens is 490 g/mol. The smallest absolute Gasteiger partial charge is 0.333 e. The van der Waals surface area contributed by atoms with Crippen LogP contribution in [-0.2, 0) is 14.8 Å². The highest BCUT2D eigenvalue weighted by atomic mass is 32.2. The molecule has 1 fully saturated rings. The van der Waals surface area contributed by atoms with Gasteiger partial charge in [0.05, 0.1) is 23.1 Å². The number of nitrogens with one attached hydrogen (secondary N) is 2. The number of rotatable bonds is 6. The number of carbonyl (C=O) groups is 1. The molecule has 1 aromatic carbocycles. The lowest BCUT2D eigenvalue weighted by atomic mass is 10.2. The van der Waals surface area contributed by atoms with Crippen LogP contribution in [0.25, 0.3) is 11.3 Å². The Morgan fingerprint density at radius 3 is 2.58 bits per heavy atom. The number of aromatic nitrogens is 1. The Hall–Kier alpha value is -3.07. The van der Waals surface area contributed by atoms with Gasteiger partial charge in [-0.15, -0.1) is 11.3 Å². The lowest BCUT2D eigenvalue weighted by molar-refractivity contribution is -0.383. The van der Waals surface area contributed by atoms with Crippen molar-refractivity contribution in [2.24, 2.45) is 0 Å². The van der Waals surface area contributed by atoms with E-state index in [4.69, 9.17) is 4.74 Å². The molecule has 2 N–H and O–H groups in total. The molecule has 14 heteroatoms. The van der Waals surface area contributed by atoms with Crippen LogP contribution < -0.4 is 14.9 Å². The molecule has 0 unspecified atom stereocenters. The summed E-state index contributed by atoms with van der Waals surface area (Å²) in [4.78, 5) is 29.5. The van der Waals surface area contributed by atoms with Crippen molar-refractivity contribution < 1.29 is 22.9 Å². The van der Waals surface area contributed by atoms with E-state index in [9.17, 15) is 23.3 Å². The van der Waals surface area contributed by atoms with Crippen LogP contribution in [0.1, 0.15) is 5.01 Å². The van der Waals surface area contributed by atoms with Crippen LogP contribution in [0.5, 0.6) is 0 Å². The van der Waals surface area contributed by atoms with Gasteiger partial charge in [0.2, 0.25) is 0 Å². The third-order valence-electron chi connectivity index (χ3n) is 4.67. The molecule has 1 aliphatic rings. The summed E-state index contributed by atoms with van der Waals surface area (Å²) in [6.45, 7) is 3.35. The predicted octanol–water partition coefficient (Wildman–Crippen LogP) is 3.44. The average molecular weight is 510 g/mol. The molecule has 0 aliphatic carbocycles. The Bertz CT molecular complexity index is 1280. The molecule has 0 atom stereocenters. The van der Waals surface area contributed by atoms with Crippen LogP contribution in [0.2, 0.25) is 0 Å². The van der Waals surface area contributed by atoms with E-state index in [1.165, 1.54) is 11.3 Å². The van der Waals surface area contributed by atoms with Gasteiger partial charge in [-0.3, -0.25) is 15.4 Å². The van der Waals surface area contributed by atoms with E-state index in [1.807, 2.05) is 35.1 Å². The van der Waals surface area contributed by atoms with E-state index in [0.717, 1.165) is 23.0 Å². The number of thiophene rings is 1. The normalized spacial score (nSPS) is 14.2. The predicted molar refractivity (Wildman–Crippen MR) is 126 cm³/mol. The summed E-state index contributed by atoms with van der Waals surface area (Å²) in [5.41, 5.74) is 0.961. The number of thiazole rings is 1. The molecule has 4 rings (SSSR count). The van der Waals surface area contributed by atoms with Gasteiger partial charge in [-0.2, -0.15) is 0 Å². The van der Waals surface area contributed by atoms with Crippen molar-refractivity contribution in [3.8, 4) is 11.3 Å². The maximum absolute atomic E-state index is 12.8. The molecule has 3 aromatic rings. The number of nitrogens with zero attached hydrogens (tertiary/aromatic N) is 3. The highest BCUT2D eigenvalue weighted by molar-refractivity contribution is 7.92. The average Bonchev–Trinajstić information content (AvgIpc) is 3.39. The van der Waals surface area contributed by atoms with Crippen molar-refractivity contribution >= 4 is 54.4 Å². The lowest BCUT2D eigenvalue weighted by Crippen LogP contribution is -2.36. The molecule has 0 spiro atoms. The van der Waals surface area contributed by atoms with Crippen molar-refractivity contribution in [2.75, 3.05) is 36.5 Å². The fourth-order valence-electron chi connectivity index (χ4n) is 3.21. The maximum atomic E-state index is 12.8. The molecule has 0 bridgehead atoms. The Labute approximate surface area is 197 Å². The van der Waals surface area contributed by atoms with Crippen LogP contribution in [-0.4, -0.2) is 50.7 Å². The first-order chi connectivity index (χ1) is 15.7. The number of amides is 2. The molecule has 1 saturated heterocycles. The number of morpholine rings is 1. The van der Waals surface area contributed by atoms with E-state index < -0.39 is 21.0 Å². The number of anilines is 2. The zero-order chi connectivity index (χ0) is 23.6. The molecule has 0 saturated carbocycles. The SMILES string of the molecule is Cc1nc(-c2ccccc2)c(NC(=O)NS(=O)(=O)c2cc([N+](=O)[O-])c(N3CCOCC3)s2)s1. The van der Waals surface area contributed by atoms with Gasteiger partial charge in [-0.25, -0.2) is 22.9 Å². The Morgan fingerprint density at radius 1 is 1.21 bits per heavy atom. The summed E-state index contributed by atoms with van der Waals surface area (Å²) < 4.78 is 32.5. The van der Waals surface area contributed by atoms with E-state index in [-0.39, 0.29) is 14.9 Å². The summed E-state index contributed by atoms with van der Waals surface area (Å²) >= 11 is 1.95. The minimum atomic E-state index is -4.35. The first-order valence-corrected chi connectivity index (χ1v) is 12.8. The molecule has 33 heavy (non-hydrogen) atoms. The summed E-state index contributed by atoms with van der Waals surface area (Å²) in [5, 5.41) is 15.3. The molecule has 3 heterocycles. The molecular formula is C19H19N5O6S3. The third-order valence-corrected chi connectivity index (χ3v) is 8.54. The molecule has 174 valence electrons. The molecule has 11 nitrogen and oxygen atoms in total. The Kier molecular flexibility index (Phi) is 6.60. The van der Waals surface area contributed by atoms with Gasteiger partial charge in [-0.1, -0.05) is 41.7 Å². The number of hydrogen-bond donors (Lipinski definition) is 2. The Morgan fingerprint density at radius 2 is 1.91 bits per heavy atom. The second kappa shape index (κ2) is 9.43. The standard InChI is InChI=1S/C19H19N5O6S3/c1-12-20-16(13-5-3-2-4-6-13)17(31-12)21-19(25)22-33(28,29)15-11-14(24(26)27)18(32-15)23-7-9-30-10-8-23/h2-6,11H,7-10H2,1H3,(H2,21,22,25). The van der Waals surface area contributed by atoms with Gasteiger partial charge < -0.3 is 9.64 Å². The van der Waals surface area contributed by atoms with Crippen LogP contribution in [0, 0.1) is 17.0 Å². The number of nitro groups is 1. The second-order valence-electron chi connectivity index (χ2n) is 6.95. The number of carbonyl (C=O) groups excluding carboxylic acids is 1. The fraction of sp³-hybridized carbons (Fsp3) is 0.263. The van der Waals surface area contributed by atoms with E-state index in [2.05, 4.69) is 10.3 Å². The van der Waals surface area contributed by atoms with Crippen molar-refractivity contribution in [3.05, 3.63) is 51.5 Å². The lowest BCUT2D eigenvalue weighted by Gasteiger charge is -2.26. The maximum Gasteiger partial charge on any atom is 0.333 e. The highest BCUT2D eigenvalue weighted by Gasteiger charge is 2.31. The minimum Gasteiger partial charge on any atom is -0.378 e. The minimum absolute atomic E-state index is 0.216. The number of urea groups is 1. The van der Waals surface area contributed by atoms with Gasteiger partial charge in [0.25, 0.3) is 10.0 Å². The first kappa shape index (κ1) is 23.1. The van der Waals surface area contributed by atoms with E-state index >= 15 is 0 Å². The van der Waals surface area contributed by atoms with E-state index in [0.29, 0.717) is 42.0 Å². The van der Waals surface area contributed by atoms with Crippen LogP contribution in [0.15, 0.2) is 40.6 Å². The highest BCUT2D eigenvalue weighted by Crippen LogP contribution is 2.40. The molecule has 0 radical (unpaired) electrons. The second-order valence-corrected chi connectivity index (χ2v) is 11.1. The number of benzene rings is 1. The van der Waals surface area contributed by atoms with Crippen LogP contribution in [0.3, 0.4) is 0 Å². The van der Waals surface area contributed by atoms with Gasteiger partial charge in [0.15, 0.2) is 5.00 Å². The zero-order valence-electron chi connectivity index (χ0n) is 17.3. The van der Waals surface area contributed by atoms with Crippen molar-refractivity contribution in [1.82, 2.24) is 9.71 Å². The van der Waals surface area contributed by atoms with Crippen molar-refractivity contribution in [3.63, 3.8) is 0 Å². The molecule has 2 amide bonds. The van der Waals surface area contributed by atoms with Crippen molar-refractivity contribution in [2.45, 2.75) is 11.1 Å². The van der Waals surface area contributed by atoms with Gasteiger partial charge >= 0.3 is 11.7 Å². The number of aryl methyl sites for hydroxylation is 1. The number of hydrogen-bond acceptors (Lipinski definition) is 10. The van der Waals surface area contributed by atoms with Gasteiger partial charge in [0, 0.05) is 24.7 Å². The first-order valence-electron chi connectivity index (χ1n) is 9.72. The fourth-order valence-corrected chi connectivity index (χ4v) is 6.42. The monoisotopic (exact) mass is 509 g/mol.